The molecule has 1 aromatic heterocycles. The maximum absolute atomic E-state index is 5.81. The second-order valence-electron chi connectivity index (χ2n) is 4.49. The third-order valence-electron chi connectivity index (χ3n) is 2.80. The summed E-state index contributed by atoms with van der Waals surface area (Å²) >= 11 is 7.40. The van der Waals surface area contributed by atoms with Gasteiger partial charge in [0.25, 0.3) is 0 Å². The summed E-state index contributed by atoms with van der Waals surface area (Å²) in [6.07, 6.45) is 2.57. The van der Waals surface area contributed by atoms with E-state index in [1.54, 1.807) is 11.3 Å². The van der Waals surface area contributed by atoms with E-state index in [0.29, 0.717) is 17.7 Å². The lowest BCUT2D eigenvalue weighted by molar-refractivity contribution is 0.304. The molecule has 0 atom stereocenters. The molecule has 0 saturated heterocycles. The van der Waals surface area contributed by atoms with E-state index < -0.39 is 0 Å². The lowest BCUT2D eigenvalue weighted by Gasteiger charge is -2.02. The Morgan fingerprint density at radius 2 is 1.95 bits per heavy atom. The number of nitrogens with zero attached hydrogens (tertiary/aromatic N) is 2. The fraction of sp³-hybridized carbons (Fsp3) is 0.385. The largest absolute Gasteiger partial charge is 0.486 e. The number of benzene rings is 1. The highest BCUT2D eigenvalue weighted by Gasteiger charge is 2.20. The van der Waals surface area contributed by atoms with Crippen LogP contribution in [0.5, 0.6) is 5.75 Å². The van der Waals surface area contributed by atoms with Gasteiger partial charge in [0.05, 0.1) is 0 Å². The van der Waals surface area contributed by atoms with Crippen LogP contribution in [0, 0.1) is 0 Å². The normalized spacial score (nSPS) is 14.6. The highest BCUT2D eigenvalue weighted by molar-refractivity contribution is 7.11. The van der Waals surface area contributed by atoms with Crippen molar-refractivity contribution in [3.63, 3.8) is 0 Å². The standard InChI is InChI=1S/C13H14ClN3OS/c14-9-1-5-11(6-2-9)18-8-13-17-16-12(19-13)7-15-10-3-4-10/h1-2,5-6,10,15H,3-4,7-8H2. The Balaban J connectivity index is 1.50. The van der Waals surface area contributed by atoms with Crippen LogP contribution in [0.15, 0.2) is 24.3 Å². The van der Waals surface area contributed by atoms with E-state index in [1.807, 2.05) is 24.3 Å². The average Bonchev–Trinajstić information content (AvgIpc) is 3.15. The Morgan fingerprint density at radius 3 is 2.68 bits per heavy atom. The molecule has 1 heterocycles. The van der Waals surface area contributed by atoms with Crippen molar-refractivity contribution >= 4 is 22.9 Å². The summed E-state index contributed by atoms with van der Waals surface area (Å²) in [6, 6.07) is 8.00. The molecule has 0 bridgehead atoms. The molecule has 1 saturated carbocycles. The minimum atomic E-state index is 0.447. The smallest absolute Gasteiger partial charge is 0.155 e. The molecule has 1 aromatic carbocycles. The number of aromatic nitrogens is 2. The number of halogens is 1. The summed E-state index contributed by atoms with van der Waals surface area (Å²) in [5.74, 6) is 0.789. The van der Waals surface area contributed by atoms with E-state index in [9.17, 15) is 0 Å². The highest BCUT2D eigenvalue weighted by Crippen LogP contribution is 2.21. The van der Waals surface area contributed by atoms with Gasteiger partial charge < -0.3 is 10.1 Å². The molecule has 4 nitrogen and oxygen atoms in total. The fourth-order valence-corrected chi connectivity index (χ4v) is 2.45. The van der Waals surface area contributed by atoms with Crippen molar-refractivity contribution in [2.45, 2.75) is 32.0 Å². The van der Waals surface area contributed by atoms with Crippen molar-refractivity contribution in [2.75, 3.05) is 0 Å². The van der Waals surface area contributed by atoms with Gasteiger partial charge in [-0.2, -0.15) is 0 Å². The number of ether oxygens (including phenoxy) is 1. The first-order chi connectivity index (χ1) is 9.29. The van der Waals surface area contributed by atoms with Gasteiger partial charge in [-0.05, 0) is 37.1 Å². The van der Waals surface area contributed by atoms with Crippen LogP contribution in [-0.4, -0.2) is 16.2 Å². The quantitative estimate of drug-likeness (QED) is 0.890. The van der Waals surface area contributed by atoms with Gasteiger partial charge in [-0.3, -0.25) is 0 Å². The van der Waals surface area contributed by atoms with Gasteiger partial charge in [-0.15, -0.1) is 10.2 Å². The van der Waals surface area contributed by atoms with E-state index in [0.717, 1.165) is 22.3 Å². The van der Waals surface area contributed by atoms with Crippen LogP contribution in [0.2, 0.25) is 5.02 Å². The predicted molar refractivity (Wildman–Crippen MR) is 75.6 cm³/mol. The molecular weight excluding hydrogens is 282 g/mol. The maximum Gasteiger partial charge on any atom is 0.155 e. The lowest BCUT2D eigenvalue weighted by atomic mass is 10.3. The van der Waals surface area contributed by atoms with Crippen molar-refractivity contribution in [2.24, 2.45) is 0 Å². The van der Waals surface area contributed by atoms with Gasteiger partial charge in [-0.25, -0.2) is 0 Å². The minimum absolute atomic E-state index is 0.447. The molecule has 1 fully saturated rings. The summed E-state index contributed by atoms with van der Waals surface area (Å²) in [4.78, 5) is 0. The first-order valence-electron chi connectivity index (χ1n) is 6.22. The van der Waals surface area contributed by atoms with Crippen molar-refractivity contribution in [1.82, 2.24) is 15.5 Å². The Labute approximate surface area is 120 Å². The van der Waals surface area contributed by atoms with Gasteiger partial charge in [0.1, 0.15) is 17.4 Å². The number of nitrogens with one attached hydrogen (secondary N) is 1. The molecule has 3 rings (SSSR count). The number of hydrogen-bond donors (Lipinski definition) is 1. The Morgan fingerprint density at radius 1 is 1.21 bits per heavy atom. The van der Waals surface area contributed by atoms with Gasteiger partial charge in [0, 0.05) is 17.6 Å². The molecule has 6 heteroatoms. The molecule has 1 N–H and O–H groups in total. The van der Waals surface area contributed by atoms with E-state index in [-0.39, 0.29) is 0 Å². The van der Waals surface area contributed by atoms with Crippen LogP contribution in [0.3, 0.4) is 0 Å². The van der Waals surface area contributed by atoms with E-state index in [4.69, 9.17) is 16.3 Å². The molecule has 0 aliphatic heterocycles. The molecule has 0 amide bonds. The highest BCUT2D eigenvalue weighted by atomic mass is 35.5. The minimum Gasteiger partial charge on any atom is -0.486 e. The Kier molecular flexibility index (Phi) is 3.96. The summed E-state index contributed by atoms with van der Waals surface area (Å²) in [6.45, 7) is 1.26. The zero-order chi connectivity index (χ0) is 13.1. The average molecular weight is 296 g/mol. The number of rotatable bonds is 6. The molecule has 0 unspecified atom stereocenters. The Bertz CT molecular complexity index is 539. The molecule has 2 aromatic rings. The second-order valence-corrected chi connectivity index (χ2v) is 6.07. The van der Waals surface area contributed by atoms with Crippen molar-refractivity contribution in [3.8, 4) is 5.75 Å². The fourth-order valence-electron chi connectivity index (χ4n) is 1.61. The lowest BCUT2D eigenvalue weighted by Crippen LogP contribution is -2.14. The molecular formula is C13H14ClN3OS. The van der Waals surface area contributed by atoms with Crippen molar-refractivity contribution in [3.05, 3.63) is 39.3 Å². The zero-order valence-electron chi connectivity index (χ0n) is 10.3. The third kappa shape index (κ3) is 3.89. The van der Waals surface area contributed by atoms with Crippen LogP contribution in [0.4, 0.5) is 0 Å². The summed E-state index contributed by atoms with van der Waals surface area (Å²) in [7, 11) is 0. The topological polar surface area (TPSA) is 47.0 Å². The first-order valence-corrected chi connectivity index (χ1v) is 7.42. The zero-order valence-corrected chi connectivity index (χ0v) is 11.9. The predicted octanol–water partition coefficient (Wildman–Crippen LogP) is 3.02. The first kappa shape index (κ1) is 12.8. The van der Waals surface area contributed by atoms with Gasteiger partial charge >= 0.3 is 0 Å². The second kappa shape index (κ2) is 5.86. The summed E-state index contributed by atoms with van der Waals surface area (Å²) < 4.78 is 5.63. The van der Waals surface area contributed by atoms with Crippen molar-refractivity contribution in [1.29, 1.82) is 0 Å². The van der Waals surface area contributed by atoms with Gasteiger partial charge in [0.2, 0.25) is 0 Å². The SMILES string of the molecule is Clc1ccc(OCc2nnc(CNC3CC3)s2)cc1. The van der Waals surface area contributed by atoms with Crippen LogP contribution in [0.25, 0.3) is 0 Å². The molecule has 0 spiro atoms. The molecule has 0 radical (unpaired) electrons. The van der Waals surface area contributed by atoms with Crippen LogP contribution >= 0.6 is 22.9 Å². The van der Waals surface area contributed by atoms with Gasteiger partial charge in [-0.1, -0.05) is 22.9 Å². The molecule has 100 valence electrons. The van der Waals surface area contributed by atoms with Crippen molar-refractivity contribution < 1.29 is 4.74 Å². The maximum atomic E-state index is 5.81. The molecule has 19 heavy (non-hydrogen) atoms. The van der Waals surface area contributed by atoms with E-state index in [1.165, 1.54) is 12.8 Å². The summed E-state index contributed by atoms with van der Waals surface area (Å²) in [5.41, 5.74) is 0. The Hall–Kier alpha value is -1.17. The molecule has 1 aliphatic rings. The van der Waals surface area contributed by atoms with Crippen LogP contribution in [0.1, 0.15) is 22.9 Å². The molecule has 1 aliphatic carbocycles. The third-order valence-corrected chi connectivity index (χ3v) is 3.95. The van der Waals surface area contributed by atoms with E-state index >= 15 is 0 Å². The van der Waals surface area contributed by atoms with Crippen LogP contribution in [-0.2, 0) is 13.2 Å². The van der Waals surface area contributed by atoms with Gasteiger partial charge in [0.15, 0.2) is 5.01 Å². The monoisotopic (exact) mass is 295 g/mol. The van der Waals surface area contributed by atoms with E-state index in [2.05, 4.69) is 15.5 Å². The number of hydrogen-bond acceptors (Lipinski definition) is 5. The summed E-state index contributed by atoms with van der Waals surface area (Å²) in [5, 5.41) is 14.3. The van der Waals surface area contributed by atoms with Crippen LogP contribution < -0.4 is 10.1 Å².